The van der Waals surface area contributed by atoms with E-state index in [4.69, 9.17) is 10.5 Å². The van der Waals surface area contributed by atoms with Gasteiger partial charge in [-0.15, -0.1) is 0 Å². The number of nitrogens with zero attached hydrogens (tertiary/aromatic N) is 4. The maximum Gasteiger partial charge on any atom is 0.326 e. The molecule has 4 aromatic rings. The molecule has 138 valence electrons. The molecule has 0 unspecified atom stereocenters. The van der Waals surface area contributed by atoms with Gasteiger partial charge in [-0.05, 0) is 40.7 Å². The molecular weight excluding hydrogens is 432 g/mol. The summed E-state index contributed by atoms with van der Waals surface area (Å²) in [6.45, 7) is 2.06. The predicted octanol–water partition coefficient (Wildman–Crippen LogP) is 3.37. The second kappa shape index (κ2) is 7.20. The van der Waals surface area contributed by atoms with Crippen molar-refractivity contribution in [2.45, 2.75) is 23.7 Å². The summed E-state index contributed by atoms with van der Waals surface area (Å²) in [5, 5.41) is 2.49. The Labute approximate surface area is 166 Å². The Kier molecular flexibility index (Phi) is 4.75. The van der Waals surface area contributed by atoms with E-state index >= 15 is 0 Å². The van der Waals surface area contributed by atoms with Crippen LogP contribution in [0.5, 0.6) is 0 Å². The van der Waals surface area contributed by atoms with Gasteiger partial charge >= 0.3 is 5.97 Å². The van der Waals surface area contributed by atoms with E-state index in [1.807, 2.05) is 24.3 Å². The molecule has 1 aromatic carbocycles. The van der Waals surface area contributed by atoms with Crippen molar-refractivity contribution in [1.82, 2.24) is 24.5 Å². The van der Waals surface area contributed by atoms with Crippen LogP contribution in [0.3, 0.4) is 0 Å². The summed E-state index contributed by atoms with van der Waals surface area (Å²) in [5.41, 5.74) is 7.89. The van der Waals surface area contributed by atoms with Crippen LogP contribution in [0.4, 0.5) is 5.82 Å². The number of hydrogen-bond donors (Lipinski definition) is 2. The molecule has 10 heteroatoms. The number of para-hydroxylation sites is 1. The van der Waals surface area contributed by atoms with Gasteiger partial charge in [0.2, 0.25) is 0 Å². The fourth-order valence-corrected chi connectivity index (χ4v) is 4.36. The lowest BCUT2D eigenvalue weighted by Gasteiger charge is -2.07. The van der Waals surface area contributed by atoms with Crippen LogP contribution in [-0.2, 0) is 16.1 Å². The van der Waals surface area contributed by atoms with E-state index in [2.05, 4.69) is 35.9 Å². The minimum absolute atomic E-state index is 0.0129. The maximum atomic E-state index is 12.1. The molecule has 0 radical (unpaired) electrons. The lowest BCUT2D eigenvalue weighted by molar-refractivity contribution is -0.143. The number of benzene rings is 1. The molecule has 3 heterocycles. The lowest BCUT2D eigenvalue weighted by atomic mass is 10.3. The highest BCUT2D eigenvalue weighted by atomic mass is 79.9. The first-order chi connectivity index (χ1) is 13.1. The van der Waals surface area contributed by atoms with Gasteiger partial charge in [-0.2, -0.15) is 0 Å². The quantitative estimate of drug-likeness (QED) is 0.451. The van der Waals surface area contributed by atoms with Crippen molar-refractivity contribution < 1.29 is 9.53 Å². The molecule has 0 fully saturated rings. The molecule has 0 spiro atoms. The second-order valence-electron chi connectivity index (χ2n) is 5.63. The Morgan fingerprint density at radius 1 is 1.37 bits per heavy atom. The molecule has 0 bridgehead atoms. The summed E-state index contributed by atoms with van der Waals surface area (Å²) in [7, 11) is 0. The number of nitrogens with two attached hydrogens (primary N) is 1. The number of fused-ring (bicyclic) bond motifs is 2. The van der Waals surface area contributed by atoms with Crippen LogP contribution in [-0.4, -0.2) is 37.1 Å². The molecular formula is C17H15BrN6O2S. The van der Waals surface area contributed by atoms with Crippen molar-refractivity contribution in [2.24, 2.45) is 0 Å². The Morgan fingerprint density at radius 3 is 2.96 bits per heavy atom. The fourth-order valence-electron chi connectivity index (χ4n) is 2.73. The Bertz CT molecular complexity index is 1160. The molecule has 0 saturated carbocycles. The number of rotatable bonds is 5. The molecule has 8 nitrogen and oxygen atoms in total. The molecule has 0 aliphatic rings. The third-order valence-corrected chi connectivity index (χ3v) is 6.01. The molecule has 0 atom stereocenters. The van der Waals surface area contributed by atoms with Crippen molar-refractivity contribution in [1.29, 1.82) is 0 Å². The van der Waals surface area contributed by atoms with E-state index in [0.29, 0.717) is 22.9 Å². The second-order valence-corrected chi connectivity index (χ2v) is 7.40. The van der Waals surface area contributed by atoms with Crippen LogP contribution in [0, 0.1) is 0 Å². The summed E-state index contributed by atoms with van der Waals surface area (Å²) in [6, 6.07) is 7.95. The van der Waals surface area contributed by atoms with Crippen LogP contribution in [0.2, 0.25) is 0 Å². The van der Waals surface area contributed by atoms with E-state index < -0.39 is 0 Å². The first-order valence-electron chi connectivity index (χ1n) is 8.15. The number of ether oxygens (including phenoxy) is 1. The van der Waals surface area contributed by atoms with Gasteiger partial charge in [-0.1, -0.05) is 18.2 Å². The summed E-state index contributed by atoms with van der Waals surface area (Å²) in [5.74, 6) is -0.105. The number of nitrogen functional groups attached to an aromatic ring is 1. The van der Waals surface area contributed by atoms with E-state index in [1.54, 1.807) is 11.5 Å². The molecule has 0 amide bonds. The van der Waals surface area contributed by atoms with Crippen LogP contribution in [0.15, 0.2) is 45.2 Å². The Hall–Kier alpha value is -2.59. The third kappa shape index (κ3) is 3.26. The highest BCUT2D eigenvalue weighted by Gasteiger charge is 2.20. The smallest absolute Gasteiger partial charge is 0.326 e. The average molecular weight is 447 g/mol. The van der Waals surface area contributed by atoms with Crippen molar-refractivity contribution in [3.63, 3.8) is 0 Å². The van der Waals surface area contributed by atoms with Crippen LogP contribution in [0.1, 0.15) is 6.92 Å². The topological polar surface area (TPSA) is 112 Å². The van der Waals surface area contributed by atoms with Gasteiger partial charge in [0.25, 0.3) is 0 Å². The average Bonchev–Trinajstić information content (AvgIpc) is 3.15. The lowest BCUT2D eigenvalue weighted by Crippen LogP contribution is -2.14. The van der Waals surface area contributed by atoms with Gasteiger partial charge in [-0.25, -0.2) is 15.0 Å². The molecule has 27 heavy (non-hydrogen) atoms. The molecule has 4 rings (SSSR count). The number of carbonyl (C=O) groups excluding carboxylic acids is 1. The fraction of sp³-hybridized carbons (Fsp3) is 0.176. The standard InChI is InChI=1S/C17H15BrN6O2S/c1-2-26-11(25)7-24-15-13(14(19)20-8-21-15)23-17(24)27-16-12(18)9-5-3-4-6-10(9)22-16/h3-6,8,22H,2,7H2,1H3,(H2,19,20,21). The highest BCUT2D eigenvalue weighted by Crippen LogP contribution is 2.38. The summed E-state index contributed by atoms with van der Waals surface area (Å²) in [4.78, 5) is 28.2. The monoisotopic (exact) mass is 446 g/mol. The van der Waals surface area contributed by atoms with Gasteiger partial charge < -0.3 is 15.5 Å². The van der Waals surface area contributed by atoms with Gasteiger partial charge in [0.1, 0.15) is 12.9 Å². The first-order valence-corrected chi connectivity index (χ1v) is 9.75. The number of carbonyl (C=O) groups is 1. The first kappa shape index (κ1) is 17.8. The minimum Gasteiger partial charge on any atom is -0.465 e. The number of nitrogens with one attached hydrogen (secondary N) is 1. The Balaban J connectivity index is 1.81. The van der Waals surface area contributed by atoms with Crippen LogP contribution in [0.25, 0.3) is 22.1 Å². The van der Waals surface area contributed by atoms with Crippen molar-refractivity contribution in [3.8, 4) is 0 Å². The SMILES string of the molecule is CCOC(=O)Cn1c(Sc2[nH]c3ccccc3c2Br)nc2c(N)ncnc21. The summed E-state index contributed by atoms with van der Waals surface area (Å²) < 4.78 is 7.70. The minimum atomic E-state index is -0.369. The molecule has 0 saturated heterocycles. The van der Waals surface area contributed by atoms with Gasteiger partial charge in [0.15, 0.2) is 22.1 Å². The summed E-state index contributed by atoms with van der Waals surface area (Å²) >= 11 is 5.01. The van der Waals surface area contributed by atoms with Gasteiger partial charge in [-0.3, -0.25) is 9.36 Å². The number of hydrogen-bond acceptors (Lipinski definition) is 7. The van der Waals surface area contributed by atoms with E-state index in [-0.39, 0.29) is 18.3 Å². The van der Waals surface area contributed by atoms with Gasteiger partial charge in [0.05, 0.1) is 16.1 Å². The number of anilines is 1. The normalized spacial score (nSPS) is 11.3. The predicted molar refractivity (Wildman–Crippen MR) is 106 cm³/mol. The van der Waals surface area contributed by atoms with E-state index in [1.165, 1.54) is 18.1 Å². The molecule has 3 N–H and O–H groups in total. The van der Waals surface area contributed by atoms with E-state index in [9.17, 15) is 4.79 Å². The van der Waals surface area contributed by atoms with Crippen LogP contribution >= 0.6 is 27.7 Å². The zero-order valence-electron chi connectivity index (χ0n) is 14.3. The van der Waals surface area contributed by atoms with Crippen molar-refractivity contribution in [2.75, 3.05) is 12.3 Å². The summed E-state index contributed by atoms with van der Waals surface area (Å²) in [6.07, 6.45) is 1.36. The zero-order valence-corrected chi connectivity index (χ0v) is 16.7. The van der Waals surface area contributed by atoms with Crippen molar-refractivity contribution >= 4 is 61.5 Å². The number of esters is 1. The molecule has 3 aromatic heterocycles. The maximum absolute atomic E-state index is 12.1. The van der Waals surface area contributed by atoms with Crippen LogP contribution < -0.4 is 5.73 Å². The number of imidazole rings is 1. The largest absolute Gasteiger partial charge is 0.465 e. The van der Waals surface area contributed by atoms with Crippen molar-refractivity contribution in [3.05, 3.63) is 35.1 Å². The molecule has 0 aliphatic heterocycles. The number of halogens is 1. The number of aromatic nitrogens is 5. The highest BCUT2D eigenvalue weighted by molar-refractivity contribution is 9.10. The molecule has 0 aliphatic carbocycles. The van der Waals surface area contributed by atoms with E-state index in [0.717, 1.165) is 20.4 Å². The van der Waals surface area contributed by atoms with Gasteiger partial charge in [0, 0.05) is 10.9 Å². The Morgan fingerprint density at radius 2 is 2.19 bits per heavy atom. The third-order valence-electron chi connectivity index (χ3n) is 3.92. The number of aromatic amines is 1. The number of H-pyrrole nitrogens is 1. The zero-order chi connectivity index (χ0) is 19.0.